The smallest absolute Gasteiger partial charge is 0.346 e. The summed E-state index contributed by atoms with van der Waals surface area (Å²) in [6.45, 7) is 14.6. The lowest BCUT2D eigenvalue weighted by molar-refractivity contribution is -0.155. The molecule has 2 aromatic carbocycles. The van der Waals surface area contributed by atoms with Crippen LogP contribution in [0.5, 0.6) is 0 Å². The summed E-state index contributed by atoms with van der Waals surface area (Å²) in [5, 5.41) is 0. The molecular formula is C43H56O12. The largest absolute Gasteiger partial charge is 0.393 e. The van der Waals surface area contributed by atoms with E-state index in [1.165, 1.54) is 30.4 Å². The first-order valence-corrected chi connectivity index (χ1v) is 19.5. The zero-order valence-corrected chi connectivity index (χ0v) is 33.2. The Bertz CT molecular complexity index is 1560. The minimum atomic E-state index is -0.550. The predicted molar refractivity (Wildman–Crippen MR) is 202 cm³/mol. The highest BCUT2D eigenvalue weighted by Gasteiger charge is 2.47. The standard InChI is InChI=1S/C12H10O3.C8H10O3.C8H4O3.C6H8O3.3C3H8/c13-11-9-5-7-3-1-2-4-8(7)6-10(9)12(14)15-11;2*9-7-5-3-1-2-4-6(5)8(10)11-7;1-2-4-3-5(7)9-6(4)8;3*1-3-2/h1-4,9-10H,5-6H2;5-6H,1-4H2;1-4H;4H,2-3H2,1H3;3*3H2,1-2H3. The van der Waals surface area contributed by atoms with Crippen LogP contribution >= 0.6 is 0 Å². The topological polar surface area (TPSA) is 173 Å². The highest BCUT2D eigenvalue weighted by Crippen LogP contribution is 2.37. The summed E-state index contributed by atoms with van der Waals surface area (Å²) in [6.07, 6.45) is 9.81. The van der Waals surface area contributed by atoms with Crippen molar-refractivity contribution in [1.29, 1.82) is 0 Å². The second kappa shape index (κ2) is 23.7. The van der Waals surface area contributed by atoms with Crippen molar-refractivity contribution in [2.75, 3.05) is 0 Å². The van der Waals surface area contributed by atoms with E-state index in [-0.39, 0.29) is 71.8 Å². The molecule has 2 aliphatic carbocycles. The van der Waals surface area contributed by atoms with Gasteiger partial charge in [0.1, 0.15) is 0 Å². The Labute approximate surface area is 324 Å². The SMILES string of the molecule is CCC.CCC.CCC.CCC1CC(=O)OC1=O.O=C1OC(=O)C2CCCCC12.O=C1OC(=O)C2Cc3ccccc3CC12.O=C1OC(=O)c2ccccc21. The summed E-state index contributed by atoms with van der Waals surface area (Å²) in [4.78, 5) is 87.3. The molecule has 300 valence electrons. The molecule has 8 rings (SSSR count). The summed E-state index contributed by atoms with van der Waals surface area (Å²) in [6, 6.07) is 14.5. The zero-order chi connectivity index (χ0) is 41.1. The van der Waals surface area contributed by atoms with Gasteiger partial charge in [0, 0.05) is 0 Å². The molecule has 0 aromatic heterocycles. The van der Waals surface area contributed by atoms with Gasteiger partial charge < -0.3 is 18.9 Å². The number of esters is 8. The van der Waals surface area contributed by atoms with Crippen LogP contribution in [-0.4, -0.2) is 47.8 Å². The highest BCUT2D eigenvalue weighted by molar-refractivity contribution is 6.14. The highest BCUT2D eigenvalue weighted by atomic mass is 16.6. The molecule has 12 heteroatoms. The average molecular weight is 765 g/mol. The van der Waals surface area contributed by atoms with E-state index in [9.17, 15) is 38.4 Å². The molecule has 0 N–H and O–H groups in total. The predicted octanol–water partition coefficient (Wildman–Crippen LogP) is 7.71. The molecule has 5 unspecified atom stereocenters. The van der Waals surface area contributed by atoms with Crippen LogP contribution < -0.4 is 0 Å². The van der Waals surface area contributed by atoms with Crippen molar-refractivity contribution >= 4 is 47.8 Å². The van der Waals surface area contributed by atoms with Crippen LogP contribution in [0.3, 0.4) is 0 Å². The third-order valence-electron chi connectivity index (χ3n) is 8.87. The first kappa shape index (κ1) is 46.2. The molecule has 6 aliphatic rings. The molecule has 5 atom stereocenters. The van der Waals surface area contributed by atoms with Crippen molar-refractivity contribution in [3.8, 4) is 0 Å². The molecule has 0 spiro atoms. The number of fused-ring (bicyclic) bond motifs is 4. The molecule has 3 saturated heterocycles. The van der Waals surface area contributed by atoms with E-state index >= 15 is 0 Å². The summed E-state index contributed by atoms with van der Waals surface area (Å²) in [5.74, 6) is -3.98. The van der Waals surface area contributed by atoms with Crippen LogP contribution in [0.4, 0.5) is 0 Å². The van der Waals surface area contributed by atoms with Crippen molar-refractivity contribution in [2.45, 2.75) is 119 Å². The van der Waals surface area contributed by atoms with Crippen LogP contribution in [0, 0.1) is 29.6 Å². The van der Waals surface area contributed by atoms with Gasteiger partial charge in [-0.3, -0.25) is 28.8 Å². The van der Waals surface area contributed by atoms with E-state index in [1.807, 2.05) is 31.2 Å². The van der Waals surface area contributed by atoms with Gasteiger partial charge in [-0.25, -0.2) is 9.59 Å². The molecule has 1 saturated carbocycles. The second-order valence-electron chi connectivity index (χ2n) is 13.8. The number of cyclic esters (lactones) is 8. The van der Waals surface area contributed by atoms with Gasteiger partial charge in [0.15, 0.2) is 0 Å². The van der Waals surface area contributed by atoms with Gasteiger partial charge in [-0.15, -0.1) is 0 Å². The number of ether oxygens (including phenoxy) is 4. The van der Waals surface area contributed by atoms with Gasteiger partial charge >= 0.3 is 47.8 Å². The van der Waals surface area contributed by atoms with E-state index in [2.05, 4.69) is 60.5 Å². The van der Waals surface area contributed by atoms with Gasteiger partial charge in [-0.1, -0.05) is 117 Å². The van der Waals surface area contributed by atoms with Crippen LogP contribution in [0.1, 0.15) is 138 Å². The molecule has 4 heterocycles. The molecule has 0 bridgehead atoms. The minimum absolute atomic E-state index is 0.101. The van der Waals surface area contributed by atoms with Gasteiger partial charge in [0.25, 0.3) is 0 Å². The Morgan fingerprint density at radius 3 is 1.15 bits per heavy atom. The normalized spacial score (nSPS) is 23.3. The van der Waals surface area contributed by atoms with Crippen molar-refractivity contribution < 1.29 is 57.3 Å². The van der Waals surface area contributed by atoms with Crippen molar-refractivity contribution in [2.24, 2.45) is 29.6 Å². The number of hydrogen-bond acceptors (Lipinski definition) is 12. The first-order valence-electron chi connectivity index (χ1n) is 19.5. The summed E-state index contributed by atoms with van der Waals surface area (Å²) in [5.41, 5.74) is 3.06. The fraction of sp³-hybridized carbons (Fsp3) is 0.535. The van der Waals surface area contributed by atoms with Gasteiger partial charge in [-0.2, -0.15) is 0 Å². The molecule has 0 amide bonds. The maximum Gasteiger partial charge on any atom is 0.346 e. The van der Waals surface area contributed by atoms with Crippen LogP contribution in [0.25, 0.3) is 0 Å². The first-order chi connectivity index (χ1) is 26.3. The van der Waals surface area contributed by atoms with Crippen molar-refractivity contribution in [3.63, 3.8) is 0 Å². The Hall–Kier alpha value is -5.00. The van der Waals surface area contributed by atoms with Crippen LogP contribution in [-0.2, 0) is 60.6 Å². The molecule has 0 radical (unpaired) electrons. The van der Waals surface area contributed by atoms with Gasteiger partial charge in [0.05, 0.1) is 47.1 Å². The van der Waals surface area contributed by atoms with E-state index in [4.69, 9.17) is 0 Å². The number of carbonyl (C=O) groups excluding carboxylic acids is 8. The third kappa shape index (κ3) is 13.4. The number of rotatable bonds is 1. The fourth-order valence-corrected chi connectivity index (χ4v) is 6.27. The molecule has 2 aromatic rings. The van der Waals surface area contributed by atoms with E-state index in [0.717, 1.165) is 25.7 Å². The monoisotopic (exact) mass is 764 g/mol. The summed E-state index contributed by atoms with van der Waals surface area (Å²) in [7, 11) is 0. The van der Waals surface area contributed by atoms with Crippen LogP contribution in [0.15, 0.2) is 48.5 Å². The van der Waals surface area contributed by atoms with Crippen molar-refractivity contribution in [1.82, 2.24) is 0 Å². The van der Waals surface area contributed by atoms with Crippen LogP contribution in [0.2, 0.25) is 0 Å². The molecular weight excluding hydrogens is 708 g/mol. The van der Waals surface area contributed by atoms with Crippen molar-refractivity contribution in [3.05, 3.63) is 70.8 Å². The lowest BCUT2D eigenvalue weighted by Crippen LogP contribution is -2.27. The maximum atomic E-state index is 11.4. The second-order valence-corrected chi connectivity index (χ2v) is 13.8. The van der Waals surface area contributed by atoms with Gasteiger partial charge in [0.2, 0.25) is 0 Å². The van der Waals surface area contributed by atoms with E-state index in [0.29, 0.717) is 30.4 Å². The van der Waals surface area contributed by atoms with E-state index in [1.54, 1.807) is 24.3 Å². The zero-order valence-electron chi connectivity index (χ0n) is 33.2. The molecule has 12 nitrogen and oxygen atoms in total. The summed E-state index contributed by atoms with van der Waals surface area (Å²) < 4.78 is 17.8. The quantitative estimate of drug-likeness (QED) is 0.157. The number of benzene rings is 2. The lowest BCUT2D eigenvalue weighted by atomic mass is 9.77. The van der Waals surface area contributed by atoms with Gasteiger partial charge in [-0.05, 0) is 55.4 Å². The average Bonchev–Trinajstić information content (AvgIpc) is 3.85. The Balaban J connectivity index is 0.000000239. The molecule has 4 aliphatic heterocycles. The molecule has 4 fully saturated rings. The number of hydrogen-bond donors (Lipinski definition) is 0. The molecule has 55 heavy (non-hydrogen) atoms. The Kier molecular flexibility index (Phi) is 19.9. The summed E-state index contributed by atoms with van der Waals surface area (Å²) >= 11 is 0. The minimum Gasteiger partial charge on any atom is -0.393 e. The number of carbonyl (C=O) groups is 8. The third-order valence-corrected chi connectivity index (χ3v) is 8.87. The fourth-order valence-electron chi connectivity index (χ4n) is 6.27. The van der Waals surface area contributed by atoms with E-state index < -0.39 is 11.9 Å². The Morgan fingerprint density at radius 2 is 0.818 bits per heavy atom. The maximum absolute atomic E-state index is 11.4. The lowest BCUT2D eigenvalue weighted by Gasteiger charge is -2.22. The Morgan fingerprint density at radius 1 is 0.455 bits per heavy atom.